The molecule has 0 unspecified atom stereocenters. The molecule has 18 heavy (non-hydrogen) atoms. The van der Waals surface area contributed by atoms with E-state index in [0.29, 0.717) is 12.1 Å². The maximum absolute atomic E-state index is 13.2. The quantitative estimate of drug-likeness (QED) is 0.624. The number of alkyl halides is 3. The van der Waals surface area contributed by atoms with E-state index in [9.17, 15) is 30.0 Å². The van der Waals surface area contributed by atoms with Crippen molar-refractivity contribution in [2.45, 2.75) is 14.5 Å². The fourth-order valence-electron chi connectivity index (χ4n) is 0.966. The molecule has 1 rings (SSSR count). The SMILES string of the molecule is O=S(=O)(Cl)c1ccc(F)c(S(=O)(=O)C(F)(F)Cl)c1. The van der Waals surface area contributed by atoms with Crippen molar-refractivity contribution < 1.29 is 30.0 Å². The summed E-state index contributed by atoms with van der Waals surface area (Å²) in [5.41, 5.74) is 0. The third-order valence-electron chi connectivity index (χ3n) is 1.78. The lowest BCUT2D eigenvalue weighted by Gasteiger charge is -2.10. The molecule has 0 aliphatic heterocycles. The van der Waals surface area contributed by atoms with Gasteiger partial charge in [-0.1, -0.05) is 0 Å². The lowest BCUT2D eigenvalue weighted by atomic mass is 10.3. The van der Waals surface area contributed by atoms with Gasteiger partial charge in [0.15, 0.2) is 0 Å². The summed E-state index contributed by atoms with van der Waals surface area (Å²) in [5, 5.41) is 0. The second-order valence-electron chi connectivity index (χ2n) is 2.98. The molecule has 0 amide bonds. The molecule has 0 N–H and O–H groups in total. The van der Waals surface area contributed by atoms with Gasteiger partial charge in [-0.25, -0.2) is 21.2 Å². The largest absolute Gasteiger partial charge is 0.427 e. The lowest BCUT2D eigenvalue weighted by molar-refractivity contribution is 0.186. The Kier molecular flexibility index (Phi) is 3.93. The summed E-state index contributed by atoms with van der Waals surface area (Å²) in [6, 6.07) is 1.18. The van der Waals surface area contributed by atoms with E-state index < -0.39 is 39.2 Å². The molecule has 0 saturated heterocycles. The van der Waals surface area contributed by atoms with Crippen molar-refractivity contribution in [2.24, 2.45) is 0 Å². The van der Waals surface area contributed by atoms with Crippen molar-refractivity contribution in [2.75, 3.05) is 0 Å². The Morgan fingerprint density at radius 1 is 1.11 bits per heavy atom. The molecule has 0 radical (unpaired) electrons. The van der Waals surface area contributed by atoms with Crippen LogP contribution in [0.2, 0.25) is 0 Å². The maximum atomic E-state index is 13.2. The van der Waals surface area contributed by atoms with Crippen LogP contribution in [0.3, 0.4) is 0 Å². The molecular formula is C7H3Cl2F3O4S2. The molecule has 0 aromatic heterocycles. The molecule has 0 aliphatic carbocycles. The van der Waals surface area contributed by atoms with Crippen LogP contribution in [0.1, 0.15) is 0 Å². The number of sulfone groups is 1. The van der Waals surface area contributed by atoms with Crippen LogP contribution in [0.5, 0.6) is 0 Å². The Hall–Kier alpha value is -0.510. The van der Waals surface area contributed by atoms with Crippen molar-refractivity contribution in [1.29, 1.82) is 0 Å². The summed E-state index contributed by atoms with van der Waals surface area (Å²) in [6.45, 7) is 0. The molecule has 0 fully saturated rings. The average Bonchev–Trinajstić information content (AvgIpc) is 2.14. The number of halogens is 5. The summed E-state index contributed by atoms with van der Waals surface area (Å²) in [6.07, 6.45) is 0. The predicted molar refractivity (Wildman–Crippen MR) is 57.4 cm³/mol. The molecular weight excluding hydrogens is 340 g/mol. The molecule has 102 valence electrons. The lowest BCUT2D eigenvalue weighted by Crippen LogP contribution is -2.23. The fraction of sp³-hybridized carbons (Fsp3) is 0.143. The second-order valence-corrected chi connectivity index (χ2v) is 8.20. The van der Waals surface area contributed by atoms with Crippen LogP contribution in [0.25, 0.3) is 0 Å². The third kappa shape index (κ3) is 2.90. The minimum Gasteiger partial charge on any atom is -0.216 e. The molecule has 1 aromatic rings. The first-order valence-corrected chi connectivity index (χ1v) is 8.10. The molecule has 0 bridgehead atoms. The highest BCUT2D eigenvalue weighted by molar-refractivity contribution is 8.13. The number of benzene rings is 1. The molecule has 0 heterocycles. The van der Waals surface area contributed by atoms with Gasteiger partial charge in [0.2, 0.25) is 0 Å². The highest BCUT2D eigenvalue weighted by Crippen LogP contribution is 2.35. The number of hydrogen-bond donors (Lipinski definition) is 0. The van der Waals surface area contributed by atoms with E-state index in [4.69, 9.17) is 10.7 Å². The van der Waals surface area contributed by atoms with E-state index >= 15 is 0 Å². The molecule has 0 atom stereocenters. The van der Waals surface area contributed by atoms with Gasteiger partial charge in [-0.05, 0) is 29.8 Å². The van der Waals surface area contributed by atoms with E-state index in [-0.39, 0.29) is 6.07 Å². The van der Waals surface area contributed by atoms with Gasteiger partial charge in [-0.15, -0.1) is 0 Å². The van der Waals surface area contributed by atoms with Gasteiger partial charge >= 0.3 is 4.71 Å². The van der Waals surface area contributed by atoms with Crippen molar-refractivity contribution >= 4 is 41.2 Å². The van der Waals surface area contributed by atoms with Crippen molar-refractivity contribution in [3.05, 3.63) is 24.0 Å². The molecule has 0 saturated carbocycles. The minimum absolute atomic E-state index is 0.170. The fourth-order valence-corrected chi connectivity index (χ4v) is 2.92. The van der Waals surface area contributed by atoms with E-state index in [1.165, 1.54) is 0 Å². The summed E-state index contributed by atoms with van der Waals surface area (Å²) >= 11 is 4.33. The minimum atomic E-state index is -5.56. The van der Waals surface area contributed by atoms with Gasteiger partial charge < -0.3 is 0 Å². The van der Waals surface area contributed by atoms with Crippen molar-refractivity contribution in [1.82, 2.24) is 0 Å². The Morgan fingerprint density at radius 3 is 2.00 bits per heavy atom. The Bertz CT molecular complexity index is 679. The van der Waals surface area contributed by atoms with Gasteiger partial charge in [-0.2, -0.15) is 8.78 Å². The second kappa shape index (κ2) is 4.55. The zero-order chi connectivity index (χ0) is 14.4. The summed E-state index contributed by atoms with van der Waals surface area (Å²) in [4.78, 5) is -2.39. The Balaban J connectivity index is 3.63. The third-order valence-corrected chi connectivity index (χ3v) is 5.24. The summed E-state index contributed by atoms with van der Waals surface area (Å²) < 4.78 is 77.8. The normalized spacial score (nSPS) is 13.6. The van der Waals surface area contributed by atoms with Gasteiger partial charge in [-0.3, -0.25) is 0 Å². The van der Waals surface area contributed by atoms with Crippen LogP contribution in [-0.4, -0.2) is 21.5 Å². The van der Waals surface area contributed by atoms with Gasteiger partial charge in [0, 0.05) is 10.7 Å². The topological polar surface area (TPSA) is 68.3 Å². The summed E-state index contributed by atoms with van der Waals surface area (Å²) in [5.74, 6) is -1.57. The van der Waals surface area contributed by atoms with E-state index in [1.54, 1.807) is 0 Å². The Morgan fingerprint density at radius 2 is 1.61 bits per heavy atom. The van der Waals surface area contributed by atoms with Gasteiger partial charge in [0.05, 0.1) is 4.90 Å². The molecule has 1 aromatic carbocycles. The first kappa shape index (κ1) is 15.5. The highest BCUT2D eigenvalue weighted by atomic mass is 35.7. The number of rotatable bonds is 3. The molecule has 0 spiro atoms. The zero-order valence-corrected chi connectivity index (χ0v) is 11.2. The van der Waals surface area contributed by atoms with Crippen molar-refractivity contribution in [3.63, 3.8) is 0 Å². The van der Waals surface area contributed by atoms with Crippen LogP contribution in [0, 0.1) is 5.82 Å². The van der Waals surface area contributed by atoms with Crippen LogP contribution in [-0.2, 0) is 18.9 Å². The highest BCUT2D eigenvalue weighted by Gasteiger charge is 2.45. The van der Waals surface area contributed by atoms with Crippen molar-refractivity contribution in [3.8, 4) is 0 Å². The maximum Gasteiger partial charge on any atom is 0.427 e. The number of hydrogen-bond acceptors (Lipinski definition) is 4. The summed E-state index contributed by atoms with van der Waals surface area (Å²) in [7, 11) is -5.07. The smallest absolute Gasteiger partial charge is 0.216 e. The zero-order valence-electron chi connectivity index (χ0n) is 8.07. The van der Waals surface area contributed by atoms with Gasteiger partial charge in [0.1, 0.15) is 10.7 Å². The van der Waals surface area contributed by atoms with E-state index in [1.807, 2.05) is 0 Å². The predicted octanol–water partition coefficient (Wildman–Crippen LogP) is 2.32. The van der Waals surface area contributed by atoms with Crippen LogP contribution < -0.4 is 0 Å². The average molecular weight is 343 g/mol. The van der Waals surface area contributed by atoms with Crippen LogP contribution >= 0.6 is 22.3 Å². The first-order valence-electron chi connectivity index (χ1n) is 3.93. The Labute approximate surface area is 110 Å². The first-order chi connectivity index (χ1) is 7.87. The molecule has 0 aliphatic rings. The van der Waals surface area contributed by atoms with Crippen LogP contribution in [0.4, 0.5) is 13.2 Å². The molecule has 11 heteroatoms. The molecule has 4 nitrogen and oxygen atoms in total. The van der Waals surface area contributed by atoms with E-state index in [0.717, 1.165) is 0 Å². The van der Waals surface area contributed by atoms with Crippen LogP contribution in [0.15, 0.2) is 28.0 Å². The van der Waals surface area contributed by atoms with E-state index in [2.05, 4.69) is 11.6 Å². The standard InChI is InChI=1S/C7H3Cl2F3O4S2/c8-7(11,12)17(13,14)6-3-4(18(9,15)16)1-2-5(6)10/h1-3H. The van der Waals surface area contributed by atoms with Gasteiger partial charge in [0.25, 0.3) is 18.9 Å². The monoisotopic (exact) mass is 342 g/mol.